The highest BCUT2D eigenvalue weighted by Gasteiger charge is 2.31. The maximum atomic E-state index is 13.1. The molecule has 1 saturated heterocycles. The Morgan fingerprint density at radius 2 is 1.71 bits per heavy atom. The number of hydrogen-bond donors (Lipinski definition) is 0. The number of benzene rings is 2. The first-order valence-corrected chi connectivity index (χ1v) is 9.53. The number of halogens is 4. The lowest BCUT2D eigenvalue weighted by atomic mass is 10.1. The Morgan fingerprint density at radius 1 is 1.00 bits per heavy atom. The summed E-state index contributed by atoms with van der Waals surface area (Å²) in [5.41, 5.74) is 0.245. The van der Waals surface area contributed by atoms with Crippen LogP contribution in [0.25, 0.3) is 11.4 Å². The SMILES string of the molecule is O=C(Cn1nnc(-c2cccc(C(F)(F)F)c2)n1)N1CCN(c2ccc(F)cc2)CC1. The Balaban J connectivity index is 1.36. The third kappa shape index (κ3) is 4.81. The van der Waals surface area contributed by atoms with Crippen molar-refractivity contribution in [2.45, 2.75) is 12.7 Å². The van der Waals surface area contributed by atoms with Crippen molar-refractivity contribution in [3.05, 3.63) is 59.9 Å². The van der Waals surface area contributed by atoms with E-state index < -0.39 is 11.7 Å². The molecule has 0 N–H and O–H groups in total. The molecule has 0 spiro atoms. The minimum atomic E-state index is -4.47. The molecule has 1 aliphatic heterocycles. The molecule has 0 aliphatic carbocycles. The van der Waals surface area contributed by atoms with E-state index in [1.54, 1.807) is 17.0 Å². The molecular weight excluding hydrogens is 416 g/mol. The van der Waals surface area contributed by atoms with Gasteiger partial charge in [-0.3, -0.25) is 4.79 Å². The molecule has 31 heavy (non-hydrogen) atoms. The van der Waals surface area contributed by atoms with Crippen LogP contribution in [0.5, 0.6) is 0 Å². The zero-order chi connectivity index (χ0) is 22.0. The number of tetrazole rings is 1. The fraction of sp³-hybridized carbons (Fsp3) is 0.300. The van der Waals surface area contributed by atoms with E-state index in [-0.39, 0.29) is 29.7 Å². The molecule has 0 unspecified atom stereocenters. The number of hydrogen-bond acceptors (Lipinski definition) is 5. The summed E-state index contributed by atoms with van der Waals surface area (Å²) < 4.78 is 51.7. The summed E-state index contributed by atoms with van der Waals surface area (Å²) in [6.07, 6.45) is -4.47. The minimum absolute atomic E-state index is 0.0139. The van der Waals surface area contributed by atoms with Gasteiger partial charge in [0.25, 0.3) is 0 Å². The van der Waals surface area contributed by atoms with Crippen molar-refractivity contribution in [3.8, 4) is 11.4 Å². The van der Waals surface area contributed by atoms with Gasteiger partial charge in [0.1, 0.15) is 12.4 Å². The second kappa shape index (κ2) is 8.32. The van der Waals surface area contributed by atoms with Gasteiger partial charge in [-0.1, -0.05) is 12.1 Å². The first-order chi connectivity index (χ1) is 14.8. The van der Waals surface area contributed by atoms with Crippen molar-refractivity contribution >= 4 is 11.6 Å². The number of carbonyl (C=O) groups is 1. The number of nitrogens with zero attached hydrogens (tertiary/aromatic N) is 6. The molecule has 1 fully saturated rings. The summed E-state index contributed by atoms with van der Waals surface area (Å²) in [7, 11) is 0. The molecule has 0 saturated carbocycles. The molecule has 3 aromatic rings. The summed E-state index contributed by atoms with van der Waals surface area (Å²) in [5.74, 6) is -0.505. The highest BCUT2D eigenvalue weighted by atomic mass is 19.4. The van der Waals surface area contributed by atoms with Crippen LogP contribution in [0.4, 0.5) is 23.2 Å². The van der Waals surface area contributed by atoms with E-state index >= 15 is 0 Å². The van der Waals surface area contributed by atoms with Crippen molar-refractivity contribution in [2.75, 3.05) is 31.1 Å². The lowest BCUT2D eigenvalue weighted by molar-refractivity contribution is -0.137. The molecule has 0 bridgehead atoms. The lowest BCUT2D eigenvalue weighted by Gasteiger charge is -2.36. The van der Waals surface area contributed by atoms with Gasteiger partial charge in [-0.25, -0.2) is 4.39 Å². The summed E-state index contributed by atoms with van der Waals surface area (Å²) in [6, 6.07) is 10.8. The number of alkyl halides is 3. The molecule has 1 amide bonds. The van der Waals surface area contributed by atoms with Crippen molar-refractivity contribution in [2.24, 2.45) is 0 Å². The average molecular weight is 434 g/mol. The van der Waals surface area contributed by atoms with Gasteiger partial charge in [0.05, 0.1) is 5.56 Å². The van der Waals surface area contributed by atoms with Gasteiger partial charge in [-0.2, -0.15) is 18.0 Å². The van der Waals surface area contributed by atoms with Crippen LogP contribution in [-0.2, 0) is 17.5 Å². The normalized spacial score (nSPS) is 14.7. The van der Waals surface area contributed by atoms with Crippen molar-refractivity contribution in [1.29, 1.82) is 0 Å². The van der Waals surface area contributed by atoms with Crippen LogP contribution in [0.3, 0.4) is 0 Å². The van der Waals surface area contributed by atoms with Crippen molar-refractivity contribution in [1.82, 2.24) is 25.1 Å². The predicted octanol–water partition coefficient (Wildman–Crippen LogP) is 2.85. The van der Waals surface area contributed by atoms with Crippen LogP contribution >= 0.6 is 0 Å². The molecule has 2 heterocycles. The number of piperazine rings is 1. The first kappa shape index (κ1) is 20.8. The van der Waals surface area contributed by atoms with E-state index in [2.05, 4.69) is 20.3 Å². The maximum absolute atomic E-state index is 13.1. The molecule has 4 rings (SSSR count). The van der Waals surface area contributed by atoms with Crippen LogP contribution < -0.4 is 4.90 Å². The highest BCUT2D eigenvalue weighted by Crippen LogP contribution is 2.31. The second-order valence-corrected chi connectivity index (χ2v) is 7.07. The van der Waals surface area contributed by atoms with E-state index in [9.17, 15) is 22.4 Å². The van der Waals surface area contributed by atoms with E-state index in [4.69, 9.17) is 0 Å². The number of aromatic nitrogens is 4. The molecule has 11 heteroatoms. The molecule has 0 radical (unpaired) electrons. The van der Waals surface area contributed by atoms with Gasteiger partial charge in [0.2, 0.25) is 11.7 Å². The highest BCUT2D eigenvalue weighted by molar-refractivity contribution is 5.76. The van der Waals surface area contributed by atoms with Gasteiger partial charge in [-0.05, 0) is 41.6 Å². The Labute approximate surface area is 174 Å². The quantitative estimate of drug-likeness (QED) is 0.591. The number of anilines is 1. The summed E-state index contributed by atoms with van der Waals surface area (Å²) in [4.78, 5) is 17.4. The number of carbonyl (C=O) groups excluding carboxylic acids is 1. The van der Waals surface area contributed by atoms with Crippen LogP contribution in [-0.4, -0.2) is 57.2 Å². The Kier molecular flexibility index (Phi) is 5.57. The van der Waals surface area contributed by atoms with E-state index in [1.165, 1.54) is 24.3 Å². The lowest BCUT2D eigenvalue weighted by Crippen LogP contribution is -2.49. The Bertz CT molecular complexity index is 1060. The van der Waals surface area contributed by atoms with E-state index in [1.807, 2.05) is 0 Å². The standard InChI is InChI=1S/C20H18F4N6O/c21-16-4-6-17(7-5-16)28-8-10-29(11-9-28)18(31)13-30-26-19(25-27-30)14-2-1-3-15(12-14)20(22,23)24/h1-7,12H,8-11,13H2. The van der Waals surface area contributed by atoms with Gasteiger partial charge in [0, 0.05) is 37.4 Å². The average Bonchev–Trinajstić information content (AvgIpc) is 3.22. The molecule has 7 nitrogen and oxygen atoms in total. The first-order valence-electron chi connectivity index (χ1n) is 9.53. The smallest absolute Gasteiger partial charge is 0.368 e. The molecule has 2 aromatic carbocycles. The molecule has 162 valence electrons. The van der Waals surface area contributed by atoms with Gasteiger partial charge in [-0.15, -0.1) is 10.2 Å². The predicted molar refractivity (Wildman–Crippen MR) is 103 cm³/mol. The van der Waals surface area contributed by atoms with E-state index in [0.717, 1.165) is 22.6 Å². The number of amides is 1. The third-order valence-electron chi connectivity index (χ3n) is 5.00. The summed E-state index contributed by atoms with van der Waals surface area (Å²) in [6.45, 7) is 1.98. The summed E-state index contributed by atoms with van der Waals surface area (Å²) in [5, 5.41) is 11.6. The van der Waals surface area contributed by atoms with Crippen molar-refractivity contribution in [3.63, 3.8) is 0 Å². The van der Waals surface area contributed by atoms with Gasteiger partial charge in [0.15, 0.2) is 0 Å². The van der Waals surface area contributed by atoms with Crippen molar-refractivity contribution < 1.29 is 22.4 Å². The number of rotatable bonds is 4. The van der Waals surface area contributed by atoms with Crippen LogP contribution in [0, 0.1) is 5.82 Å². The van der Waals surface area contributed by atoms with E-state index in [0.29, 0.717) is 26.2 Å². The van der Waals surface area contributed by atoms with Crippen LogP contribution in [0.2, 0.25) is 0 Å². The van der Waals surface area contributed by atoms with Crippen LogP contribution in [0.15, 0.2) is 48.5 Å². The largest absolute Gasteiger partial charge is 0.416 e. The fourth-order valence-electron chi connectivity index (χ4n) is 3.35. The fourth-order valence-corrected chi connectivity index (χ4v) is 3.35. The zero-order valence-electron chi connectivity index (χ0n) is 16.3. The molecule has 0 atom stereocenters. The van der Waals surface area contributed by atoms with Gasteiger partial charge >= 0.3 is 6.18 Å². The molecule has 1 aromatic heterocycles. The topological polar surface area (TPSA) is 67.2 Å². The minimum Gasteiger partial charge on any atom is -0.368 e. The molecule has 1 aliphatic rings. The van der Waals surface area contributed by atoms with Gasteiger partial charge < -0.3 is 9.80 Å². The monoisotopic (exact) mass is 434 g/mol. The molecular formula is C20H18F4N6O. The summed E-state index contributed by atoms with van der Waals surface area (Å²) >= 11 is 0. The third-order valence-corrected chi connectivity index (χ3v) is 5.00. The van der Waals surface area contributed by atoms with Crippen LogP contribution in [0.1, 0.15) is 5.56 Å². The maximum Gasteiger partial charge on any atom is 0.416 e. The Hall–Kier alpha value is -3.50. The Morgan fingerprint density at radius 3 is 2.39 bits per heavy atom. The second-order valence-electron chi connectivity index (χ2n) is 7.07. The zero-order valence-corrected chi connectivity index (χ0v) is 16.3.